The quantitative estimate of drug-likeness (QED) is 0.643. The second kappa shape index (κ2) is 9.86. The van der Waals surface area contributed by atoms with Crippen LogP contribution in [0.15, 0.2) is 53.4 Å². The monoisotopic (exact) mass is 456 g/mol. The van der Waals surface area contributed by atoms with Crippen LogP contribution in [0.3, 0.4) is 0 Å². The average Bonchev–Trinajstić information content (AvgIpc) is 3.29. The molecule has 3 rings (SSSR count). The summed E-state index contributed by atoms with van der Waals surface area (Å²) < 4.78 is 25.5. The third-order valence-corrected chi connectivity index (χ3v) is 8.10. The number of amides is 2. The van der Waals surface area contributed by atoms with Crippen LogP contribution in [0.25, 0.3) is 0 Å². The maximum atomic E-state index is 12.8. The van der Waals surface area contributed by atoms with Gasteiger partial charge in [0.1, 0.15) is 0 Å². The first-order chi connectivity index (χ1) is 15.1. The highest BCUT2D eigenvalue weighted by Gasteiger charge is 2.30. The molecule has 0 saturated heterocycles. The summed E-state index contributed by atoms with van der Waals surface area (Å²) in [7, 11) is -3.38. The number of hydrogen-bond donors (Lipinski definition) is 2. The standard InChI is InChI=1S/C25H32N2O4S/c1-25(2,3)19-13-11-18(12-14-19)24(29)26-16-15-23(28)27-20-7-6-10-22(17-20)32(30,31)21-8-4-5-9-21/h6-7,10-14,17,21H,4-5,8-9,15-16H2,1-3H3,(H,26,29)(H,27,28). The van der Waals surface area contributed by atoms with Gasteiger partial charge in [-0.1, -0.05) is 51.8 Å². The van der Waals surface area contributed by atoms with E-state index in [9.17, 15) is 18.0 Å². The van der Waals surface area contributed by atoms with Crippen molar-refractivity contribution in [1.29, 1.82) is 0 Å². The fraction of sp³-hybridized carbons (Fsp3) is 0.440. The second-order valence-electron chi connectivity index (χ2n) is 9.36. The van der Waals surface area contributed by atoms with Gasteiger partial charge in [-0.05, 0) is 54.2 Å². The molecule has 0 atom stereocenters. The van der Waals surface area contributed by atoms with Crippen molar-refractivity contribution in [2.75, 3.05) is 11.9 Å². The molecule has 6 nitrogen and oxygen atoms in total. The average molecular weight is 457 g/mol. The first kappa shape index (κ1) is 24.0. The number of carbonyl (C=O) groups excluding carboxylic acids is 2. The van der Waals surface area contributed by atoms with Gasteiger partial charge in [-0.2, -0.15) is 0 Å². The third kappa shape index (κ3) is 5.97. The molecule has 1 aliphatic rings. The zero-order valence-electron chi connectivity index (χ0n) is 19.0. The summed E-state index contributed by atoms with van der Waals surface area (Å²) in [6, 6.07) is 13.8. The molecule has 172 valence electrons. The number of anilines is 1. The van der Waals surface area contributed by atoms with Gasteiger partial charge in [-0.3, -0.25) is 9.59 Å². The zero-order valence-corrected chi connectivity index (χ0v) is 19.8. The first-order valence-corrected chi connectivity index (χ1v) is 12.6. The molecule has 0 unspecified atom stereocenters. The van der Waals surface area contributed by atoms with Gasteiger partial charge in [0.05, 0.1) is 10.1 Å². The van der Waals surface area contributed by atoms with Crippen LogP contribution in [-0.4, -0.2) is 32.0 Å². The maximum Gasteiger partial charge on any atom is 0.251 e. The van der Waals surface area contributed by atoms with Crippen molar-refractivity contribution in [2.45, 2.75) is 68.4 Å². The van der Waals surface area contributed by atoms with Crippen LogP contribution < -0.4 is 10.6 Å². The van der Waals surface area contributed by atoms with Gasteiger partial charge in [-0.15, -0.1) is 0 Å². The van der Waals surface area contributed by atoms with Gasteiger partial charge < -0.3 is 10.6 Å². The molecule has 0 spiro atoms. The number of benzene rings is 2. The molecular formula is C25H32N2O4S. The number of rotatable bonds is 7. The number of nitrogens with one attached hydrogen (secondary N) is 2. The summed E-state index contributed by atoms with van der Waals surface area (Å²) in [4.78, 5) is 24.9. The molecule has 0 radical (unpaired) electrons. The summed E-state index contributed by atoms with van der Waals surface area (Å²) in [6.07, 6.45) is 3.35. The second-order valence-corrected chi connectivity index (χ2v) is 11.6. The van der Waals surface area contributed by atoms with E-state index in [1.54, 1.807) is 30.3 Å². The molecule has 2 amide bonds. The fourth-order valence-electron chi connectivity index (χ4n) is 3.88. The van der Waals surface area contributed by atoms with Crippen molar-refractivity contribution in [3.05, 3.63) is 59.7 Å². The smallest absolute Gasteiger partial charge is 0.251 e. The van der Waals surface area contributed by atoms with Crippen molar-refractivity contribution >= 4 is 27.3 Å². The van der Waals surface area contributed by atoms with E-state index in [0.717, 1.165) is 18.4 Å². The highest BCUT2D eigenvalue weighted by atomic mass is 32.2. The van der Waals surface area contributed by atoms with Crippen molar-refractivity contribution in [3.8, 4) is 0 Å². The van der Waals surface area contributed by atoms with Crippen LogP contribution in [0, 0.1) is 0 Å². The molecule has 0 aliphatic heterocycles. The minimum absolute atomic E-state index is 0.0147. The Bertz CT molecular complexity index is 1060. The van der Waals surface area contributed by atoms with Gasteiger partial charge in [0.15, 0.2) is 9.84 Å². The topological polar surface area (TPSA) is 92.3 Å². The van der Waals surface area contributed by atoms with Crippen molar-refractivity contribution in [2.24, 2.45) is 0 Å². The Morgan fingerprint density at radius 2 is 1.66 bits per heavy atom. The van der Waals surface area contributed by atoms with Crippen LogP contribution >= 0.6 is 0 Å². The van der Waals surface area contributed by atoms with E-state index < -0.39 is 9.84 Å². The van der Waals surface area contributed by atoms with E-state index >= 15 is 0 Å². The van der Waals surface area contributed by atoms with E-state index in [1.807, 2.05) is 12.1 Å². The van der Waals surface area contributed by atoms with Gasteiger partial charge in [0.25, 0.3) is 5.91 Å². The van der Waals surface area contributed by atoms with Crippen LogP contribution in [0.1, 0.15) is 68.8 Å². The molecule has 0 heterocycles. The number of hydrogen-bond acceptors (Lipinski definition) is 4. The predicted molar refractivity (Wildman–Crippen MR) is 127 cm³/mol. The molecule has 0 aromatic heterocycles. The van der Waals surface area contributed by atoms with Gasteiger partial charge in [0.2, 0.25) is 5.91 Å². The highest BCUT2D eigenvalue weighted by Crippen LogP contribution is 2.30. The summed E-state index contributed by atoms with van der Waals surface area (Å²) >= 11 is 0. The molecule has 0 bridgehead atoms. The zero-order chi connectivity index (χ0) is 23.4. The van der Waals surface area contributed by atoms with E-state index in [0.29, 0.717) is 24.1 Å². The minimum Gasteiger partial charge on any atom is -0.352 e. The third-order valence-electron chi connectivity index (χ3n) is 5.84. The van der Waals surface area contributed by atoms with Crippen molar-refractivity contribution < 1.29 is 18.0 Å². The Morgan fingerprint density at radius 1 is 1.00 bits per heavy atom. The van der Waals surface area contributed by atoms with Crippen LogP contribution in [-0.2, 0) is 20.0 Å². The van der Waals surface area contributed by atoms with Crippen molar-refractivity contribution in [3.63, 3.8) is 0 Å². The molecule has 2 aromatic rings. The van der Waals surface area contributed by atoms with Gasteiger partial charge in [-0.25, -0.2) is 8.42 Å². The van der Waals surface area contributed by atoms with E-state index in [-0.39, 0.29) is 40.3 Å². The van der Waals surface area contributed by atoms with Gasteiger partial charge in [0, 0.05) is 24.2 Å². The SMILES string of the molecule is CC(C)(C)c1ccc(C(=O)NCCC(=O)Nc2cccc(S(=O)(=O)C3CCCC3)c2)cc1. The van der Waals surface area contributed by atoms with Crippen molar-refractivity contribution in [1.82, 2.24) is 5.32 Å². The Kier molecular flexibility index (Phi) is 7.39. The first-order valence-electron chi connectivity index (χ1n) is 11.1. The van der Waals surface area contributed by atoms with E-state index in [2.05, 4.69) is 31.4 Å². The maximum absolute atomic E-state index is 12.8. The molecule has 2 N–H and O–H groups in total. The van der Waals surface area contributed by atoms with Crippen LogP contribution in [0.4, 0.5) is 5.69 Å². The molecule has 1 fully saturated rings. The molecule has 32 heavy (non-hydrogen) atoms. The molecule has 7 heteroatoms. The Morgan fingerprint density at radius 3 is 2.28 bits per heavy atom. The minimum atomic E-state index is -3.38. The molecule has 1 aliphatic carbocycles. The summed E-state index contributed by atoms with van der Waals surface area (Å²) in [5.41, 5.74) is 2.15. The summed E-state index contributed by atoms with van der Waals surface area (Å²) in [5, 5.41) is 5.15. The van der Waals surface area contributed by atoms with Gasteiger partial charge >= 0.3 is 0 Å². The lowest BCUT2D eigenvalue weighted by Crippen LogP contribution is -2.27. The normalized spacial score (nSPS) is 14.8. The summed E-state index contributed by atoms with van der Waals surface area (Å²) in [6.45, 7) is 6.52. The highest BCUT2D eigenvalue weighted by molar-refractivity contribution is 7.92. The Balaban J connectivity index is 1.51. The summed E-state index contributed by atoms with van der Waals surface area (Å²) in [5.74, 6) is -0.522. The van der Waals surface area contributed by atoms with E-state index in [4.69, 9.17) is 0 Å². The molecular weight excluding hydrogens is 424 g/mol. The lowest BCUT2D eigenvalue weighted by Gasteiger charge is -2.19. The number of carbonyl (C=O) groups is 2. The lowest BCUT2D eigenvalue weighted by molar-refractivity contribution is -0.116. The molecule has 2 aromatic carbocycles. The fourth-order valence-corrected chi connectivity index (χ4v) is 5.78. The largest absolute Gasteiger partial charge is 0.352 e. The predicted octanol–water partition coefficient (Wildman–Crippen LogP) is 4.46. The molecule has 1 saturated carbocycles. The Labute approximate surface area is 190 Å². The van der Waals surface area contributed by atoms with Crippen LogP contribution in [0.5, 0.6) is 0 Å². The van der Waals surface area contributed by atoms with E-state index in [1.165, 1.54) is 6.07 Å². The van der Waals surface area contributed by atoms with Crippen LogP contribution in [0.2, 0.25) is 0 Å². The Hall–Kier alpha value is -2.67. The number of sulfone groups is 1. The lowest BCUT2D eigenvalue weighted by atomic mass is 9.87.